The van der Waals surface area contributed by atoms with Crippen molar-refractivity contribution in [1.29, 1.82) is 0 Å². The zero-order valence-corrected chi connectivity index (χ0v) is 22.3. The highest BCUT2D eigenvalue weighted by molar-refractivity contribution is 7.88. The average molecular weight is 826 g/mol. The quantitative estimate of drug-likeness (QED) is 0.103. The Morgan fingerprint density at radius 3 is 0.667 bits per heavy atom. The molecule has 6 nitrogen and oxygen atoms in total. The van der Waals surface area contributed by atoms with Crippen LogP contribution in [0.5, 0.6) is 0 Å². The van der Waals surface area contributed by atoms with Crippen LogP contribution in [0, 0.1) is 0 Å². The molecule has 0 heterocycles. The van der Waals surface area contributed by atoms with Crippen molar-refractivity contribution in [3.05, 3.63) is 0 Å². The van der Waals surface area contributed by atoms with Crippen molar-refractivity contribution in [3.8, 4) is 0 Å². The molecular formula is C14H4F26O6S2. The van der Waals surface area contributed by atoms with Gasteiger partial charge in [-0.2, -0.15) is 131 Å². The van der Waals surface area contributed by atoms with Crippen molar-refractivity contribution in [1.82, 2.24) is 0 Å². The van der Waals surface area contributed by atoms with Crippen LogP contribution in [0.1, 0.15) is 6.92 Å². The lowest BCUT2D eigenvalue weighted by Gasteiger charge is -2.39. The largest absolute Gasteiger partial charge is 0.460 e. The number of hydrogen-bond donors (Lipinski definition) is 0. The van der Waals surface area contributed by atoms with Gasteiger partial charge in [-0.3, -0.25) is 0 Å². The summed E-state index contributed by atoms with van der Waals surface area (Å²) in [5.74, 6) is -70.1. The van der Waals surface area contributed by atoms with E-state index >= 15 is 0 Å². The molecule has 0 saturated heterocycles. The molecule has 0 atom stereocenters. The molecule has 34 heteroatoms. The molecule has 0 aliphatic heterocycles. The second kappa shape index (κ2) is 11.5. The molecule has 290 valence electrons. The van der Waals surface area contributed by atoms with E-state index in [0.717, 1.165) is 0 Å². The maximum Gasteiger partial charge on any atom is 0.460 e. The van der Waals surface area contributed by atoms with Crippen molar-refractivity contribution in [3.63, 3.8) is 0 Å². The fourth-order valence-electron chi connectivity index (χ4n) is 2.32. The topological polar surface area (TPSA) is 86.7 Å². The summed E-state index contributed by atoms with van der Waals surface area (Å²) < 4.78 is 389. The number of hydrogen-bond acceptors (Lipinski definition) is 6. The average Bonchev–Trinajstić information content (AvgIpc) is 2.80. The van der Waals surface area contributed by atoms with Crippen LogP contribution in [-0.2, 0) is 28.6 Å². The monoisotopic (exact) mass is 826 g/mol. The molecule has 0 aromatic heterocycles. The van der Waals surface area contributed by atoms with Gasteiger partial charge in [0.05, 0.1) is 0 Å². The highest BCUT2D eigenvalue weighted by Gasteiger charge is 2.94. The summed E-state index contributed by atoms with van der Waals surface area (Å²) in [6.45, 7) is -1.01. The SMILES string of the molecule is CC(OS(=O)(=O)C(F)(F)C(F)(F)C(F)(F)C(F)(F)C(F)(F)C(F)(F)F)OS(=O)(=O)C(F)(F)C(F)(F)C(F)(F)C(F)(F)C(F)(F)C(F)(F)F. The molecule has 0 unspecified atom stereocenters. The Hall–Kier alpha value is -2.00. The van der Waals surface area contributed by atoms with Crippen LogP contribution in [0.4, 0.5) is 114 Å². The third kappa shape index (κ3) is 6.05. The lowest BCUT2D eigenvalue weighted by atomic mass is 9.98. The van der Waals surface area contributed by atoms with Gasteiger partial charge in [0.2, 0.25) is 0 Å². The first-order valence-electron chi connectivity index (χ1n) is 9.87. The maximum absolute atomic E-state index is 13.8. The molecule has 0 aliphatic rings. The van der Waals surface area contributed by atoms with E-state index in [2.05, 4.69) is 8.37 Å². The number of rotatable bonds is 14. The third-order valence-electron chi connectivity index (χ3n) is 4.96. The van der Waals surface area contributed by atoms with E-state index in [0.29, 0.717) is 0 Å². The Bertz CT molecular complexity index is 1300. The minimum absolute atomic E-state index is 1.01. The van der Waals surface area contributed by atoms with Gasteiger partial charge in [-0.25, -0.2) is 8.37 Å². The standard InChI is InChI=1S/C14H4F26O6S2/c1-2(45-47(41,42)13(37,38)9(27,28)5(19,20)3(15,16)7(23,24)11(31,32)33)46-48(43,44)14(39,40)10(29,30)6(21,22)4(17,18)8(25,26)12(34,35)36/h2H,1H3. The van der Waals surface area contributed by atoms with Gasteiger partial charge in [0.1, 0.15) is 0 Å². The smallest absolute Gasteiger partial charge is 0.232 e. The van der Waals surface area contributed by atoms with Crippen LogP contribution in [0.25, 0.3) is 0 Å². The van der Waals surface area contributed by atoms with Gasteiger partial charge in [-0.05, 0) is 6.92 Å². The summed E-state index contributed by atoms with van der Waals surface area (Å²) in [4.78, 5) is 0. The Kier molecular flexibility index (Phi) is 11.0. The Balaban J connectivity index is 6.82. The molecule has 0 bridgehead atoms. The van der Waals surface area contributed by atoms with Gasteiger partial charge in [-0.1, -0.05) is 0 Å². The fraction of sp³-hybridized carbons (Fsp3) is 1.00. The summed E-state index contributed by atoms with van der Waals surface area (Å²) in [7, 11) is -17.4. The van der Waals surface area contributed by atoms with Gasteiger partial charge < -0.3 is 0 Å². The van der Waals surface area contributed by atoms with Gasteiger partial charge in [-0.15, -0.1) is 0 Å². The van der Waals surface area contributed by atoms with Crippen LogP contribution >= 0.6 is 0 Å². The van der Waals surface area contributed by atoms with E-state index in [1.165, 1.54) is 0 Å². The summed E-state index contributed by atoms with van der Waals surface area (Å²) >= 11 is 0. The van der Waals surface area contributed by atoms with Crippen LogP contribution in [0.3, 0.4) is 0 Å². The predicted octanol–water partition coefficient (Wildman–Crippen LogP) is 7.42. The molecular weight excluding hydrogens is 822 g/mol. The van der Waals surface area contributed by atoms with Crippen molar-refractivity contribution in [2.75, 3.05) is 0 Å². The zero-order chi connectivity index (χ0) is 40.0. The molecule has 0 aromatic rings. The maximum atomic E-state index is 13.8. The van der Waals surface area contributed by atoms with Crippen molar-refractivity contribution >= 4 is 20.2 Å². The van der Waals surface area contributed by atoms with Crippen molar-refractivity contribution in [2.45, 2.75) is 83.5 Å². The van der Waals surface area contributed by atoms with Gasteiger partial charge in [0, 0.05) is 0 Å². The molecule has 0 amide bonds. The summed E-state index contributed by atoms with van der Waals surface area (Å²) in [5, 5.41) is -16.9. The van der Waals surface area contributed by atoms with Crippen molar-refractivity contribution in [2.24, 2.45) is 0 Å². The summed E-state index contributed by atoms with van der Waals surface area (Å²) in [6.07, 6.45) is -20.8. The third-order valence-corrected chi connectivity index (χ3v) is 7.78. The first-order valence-corrected chi connectivity index (χ1v) is 12.7. The lowest BCUT2D eigenvalue weighted by Crippen LogP contribution is -2.71. The molecule has 0 rings (SSSR count). The van der Waals surface area contributed by atoms with Crippen LogP contribution < -0.4 is 0 Å². The first kappa shape index (κ1) is 46.0. The van der Waals surface area contributed by atoms with Crippen molar-refractivity contribution < 1.29 is 139 Å². The highest BCUT2D eigenvalue weighted by atomic mass is 32.2. The zero-order valence-electron chi connectivity index (χ0n) is 20.7. The lowest BCUT2D eigenvalue weighted by molar-refractivity contribution is -0.433. The highest BCUT2D eigenvalue weighted by Crippen LogP contribution is 2.63. The summed E-state index contributed by atoms with van der Waals surface area (Å²) in [6, 6.07) is 0. The van der Waals surface area contributed by atoms with Gasteiger partial charge >= 0.3 is 90.5 Å². The first-order chi connectivity index (χ1) is 20.1. The molecule has 0 aliphatic carbocycles. The van der Waals surface area contributed by atoms with Gasteiger partial charge in [0.25, 0.3) is 0 Å². The molecule has 0 spiro atoms. The number of alkyl halides is 26. The molecule has 48 heavy (non-hydrogen) atoms. The minimum Gasteiger partial charge on any atom is -0.232 e. The summed E-state index contributed by atoms with van der Waals surface area (Å²) in [5.41, 5.74) is 0. The minimum atomic E-state index is -8.93. The molecule has 0 aromatic carbocycles. The molecule has 0 radical (unpaired) electrons. The van der Waals surface area contributed by atoms with E-state index < -0.39 is 104 Å². The molecule has 0 fully saturated rings. The van der Waals surface area contributed by atoms with E-state index in [-0.39, 0.29) is 0 Å². The second-order valence-electron chi connectivity index (χ2n) is 8.29. The Labute approximate surface area is 244 Å². The van der Waals surface area contributed by atoms with E-state index in [9.17, 15) is 131 Å². The predicted molar refractivity (Wildman–Crippen MR) is 91.1 cm³/mol. The van der Waals surface area contributed by atoms with E-state index in [1.54, 1.807) is 0 Å². The van der Waals surface area contributed by atoms with E-state index in [1.807, 2.05) is 0 Å². The fourth-order valence-corrected chi connectivity index (χ4v) is 4.29. The number of halogens is 26. The van der Waals surface area contributed by atoms with Crippen LogP contribution in [0.15, 0.2) is 0 Å². The Morgan fingerprint density at radius 1 is 0.333 bits per heavy atom. The van der Waals surface area contributed by atoms with Crippen LogP contribution in [0.2, 0.25) is 0 Å². The van der Waals surface area contributed by atoms with Gasteiger partial charge in [0.15, 0.2) is 6.29 Å². The molecule has 0 saturated carbocycles. The molecule has 0 N–H and O–H groups in total. The van der Waals surface area contributed by atoms with Crippen LogP contribution in [-0.4, -0.2) is 93.4 Å². The normalized spacial score (nSPS) is 16.9. The van der Waals surface area contributed by atoms with E-state index in [4.69, 9.17) is 0 Å². The Morgan fingerprint density at radius 2 is 0.500 bits per heavy atom. The second-order valence-corrected chi connectivity index (χ2v) is 11.5.